The second kappa shape index (κ2) is 19.7. The van der Waals surface area contributed by atoms with Crippen molar-refractivity contribution in [1.82, 2.24) is 20.4 Å². The Labute approximate surface area is 374 Å². The largest absolute Gasteiger partial charge is 0.453 e. The van der Waals surface area contributed by atoms with Crippen molar-refractivity contribution in [2.75, 3.05) is 42.8 Å². The highest BCUT2D eigenvalue weighted by Crippen LogP contribution is 2.47. The van der Waals surface area contributed by atoms with Gasteiger partial charge in [-0.25, -0.2) is 14.0 Å². The van der Waals surface area contributed by atoms with Crippen molar-refractivity contribution >= 4 is 52.9 Å². The number of hydrogen-bond acceptors (Lipinski definition) is 9. The van der Waals surface area contributed by atoms with Crippen molar-refractivity contribution in [3.05, 3.63) is 89.7 Å². The van der Waals surface area contributed by atoms with Crippen molar-refractivity contribution in [3.63, 3.8) is 0 Å². The number of amides is 6. The van der Waals surface area contributed by atoms with Gasteiger partial charge in [-0.05, 0) is 109 Å². The molecule has 0 aromatic heterocycles. The van der Waals surface area contributed by atoms with Gasteiger partial charge in [0.05, 0.1) is 26.3 Å². The minimum atomic E-state index is -0.903. The summed E-state index contributed by atoms with van der Waals surface area (Å²) in [6.45, 7) is 11.8. The van der Waals surface area contributed by atoms with Gasteiger partial charge in [0, 0.05) is 30.2 Å². The molecule has 3 heterocycles. The third kappa shape index (κ3) is 10.8. The lowest BCUT2D eigenvalue weighted by Gasteiger charge is -2.35. The Balaban J connectivity index is 1.20. The molecule has 3 saturated heterocycles. The molecule has 0 aliphatic carbocycles. The Kier molecular flexibility index (Phi) is 14.5. The van der Waals surface area contributed by atoms with E-state index >= 15 is 0 Å². The number of methoxy groups -OCH3 is 2. The molecule has 0 unspecified atom stereocenters. The Morgan fingerprint density at radius 2 is 1.02 bits per heavy atom. The average molecular weight is 884 g/mol. The van der Waals surface area contributed by atoms with Gasteiger partial charge in [0.2, 0.25) is 23.6 Å². The van der Waals surface area contributed by atoms with E-state index in [1.54, 1.807) is 24.3 Å². The number of benzene rings is 3. The van der Waals surface area contributed by atoms with E-state index in [4.69, 9.17) is 9.47 Å². The maximum atomic E-state index is 14.3. The van der Waals surface area contributed by atoms with Crippen molar-refractivity contribution in [3.8, 4) is 0 Å². The molecule has 6 amide bonds. The topological polar surface area (TPSA) is 179 Å². The summed E-state index contributed by atoms with van der Waals surface area (Å²) in [5.41, 5.74) is 2.47. The summed E-state index contributed by atoms with van der Waals surface area (Å²) < 4.78 is 23.9. The summed E-state index contributed by atoms with van der Waals surface area (Å²) in [5, 5.41) is 11.4. The molecule has 15 nitrogen and oxygen atoms in total. The number of likely N-dealkylation sites (tertiary alicyclic amines) is 2. The number of ether oxygens (including phenoxy) is 2. The summed E-state index contributed by atoms with van der Waals surface area (Å²) >= 11 is 0. The van der Waals surface area contributed by atoms with Gasteiger partial charge in [-0.1, -0.05) is 65.8 Å². The first-order chi connectivity index (χ1) is 30.3. The van der Waals surface area contributed by atoms with Crippen molar-refractivity contribution in [2.45, 2.75) is 116 Å². The predicted octanol–water partition coefficient (Wildman–Crippen LogP) is 7.31. The van der Waals surface area contributed by atoms with Crippen molar-refractivity contribution in [1.29, 1.82) is 0 Å². The fourth-order valence-electron chi connectivity index (χ4n) is 9.13. The predicted molar refractivity (Wildman–Crippen MR) is 241 cm³/mol. The van der Waals surface area contributed by atoms with Crippen LogP contribution < -0.4 is 26.2 Å². The summed E-state index contributed by atoms with van der Waals surface area (Å²) in [6, 6.07) is 17.9. The fourth-order valence-corrected chi connectivity index (χ4v) is 9.13. The second-order valence-corrected chi connectivity index (χ2v) is 19.0. The van der Waals surface area contributed by atoms with E-state index in [9.17, 15) is 33.2 Å². The summed E-state index contributed by atoms with van der Waals surface area (Å²) in [6.07, 6.45) is 2.19. The zero-order valence-electron chi connectivity index (χ0n) is 38.0. The summed E-state index contributed by atoms with van der Waals surface area (Å²) in [4.78, 5) is 85.1. The zero-order valence-corrected chi connectivity index (χ0v) is 38.0. The van der Waals surface area contributed by atoms with E-state index in [2.05, 4.69) is 26.2 Å². The number of nitrogens with one attached hydrogen (secondary N) is 4. The first kappa shape index (κ1) is 47.3. The quantitative estimate of drug-likeness (QED) is 0.154. The first-order valence-electron chi connectivity index (χ1n) is 22.0. The van der Waals surface area contributed by atoms with E-state index in [0.29, 0.717) is 50.1 Å². The van der Waals surface area contributed by atoms with Crippen LogP contribution in [0.5, 0.6) is 0 Å². The van der Waals surface area contributed by atoms with Gasteiger partial charge in [0.15, 0.2) is 0 Å². The molecule has 6 rings (SSSR count). The van der Waals surface area contributed by atoms with Gasteiger partial charge >= 0.3 is 12.2 Å². The normalized spacial score (nSPS) is 20.9. The van der Waals surface area contributed by atoms with E-state index in [1.165, 1.54) is 36.2 Å². The number of alkyl carbamates (subject to hydrolysis) is 2. The monoisotopic (exact) mass is 883 g/mol. The van der Waals surface area contributed by atoms with Crippen LogP contribution in [0.25, 0.3) is 0 Å². The molecule has 0 radical (unpaired) electrons. The average Bonchev–Trinajstić information content (AvgIpc) is 4.05. The third-order valence-corrected chi connectivity index (χ3v) is 12.4. The molecular weight excluding hydrogens is 822 g/mol. The SMILES string of the molecule is COC(=O)N[C@H](C(=O)N1CCC[C@H]1C(=O)Nc1cccc([C@H]2CC[C@@H](c3cccc(NC(=O)[C@@H]4CCCN4C(=O)[C@@H](NC(=O)OC)C(C)(C)C)c3)N2c2ccc(F)cc2)c1)C(C)(C)C. The van der Waals surface area contributed by atoms with Crippen LogP contribution >= 0.6 is 0 Å². The molecule has 6 atom stereocenters. The van der Waals surface area contributed by atoms with Crippen LogP contribution in [0, 0.1) is 16.6 Å². The molecule has 3 aromatic carbocycles. The molecule has 64 heavy (non-hydrogen) atoms. The van der Waals surface area contributed by atoms with Gasteiger partial charge in [-0.2, -0.15) is 0 Å². The minimum Gasteiger partial charge on any atom is -0.453 e. The third-order valence-electron chi connectivity index (χ3n) is 12.4. The maximum absolute atomic E-state index is 14.3. The Bertz CT molecular complexity index is 2070. The van der Waals surface area contributed by atoms with Gasteiger partial charge in [-0.15, -0.1) is 0 Å². The van der Waals surface area contributed by atoms with Crippen LogP contribution in [-0.4, -0.2) is 97.1 Å². The van der Waals surface area contributed by atoms with Gasteiger partial charge in [0.1, 0.15) is 30.0 Å². The molecule has 344 valence electrons. The number of anilines is 3. The van der Waals surface area contributed by atoms with Gasteiger partial charge < -0.3 is 45.4 Å². The molecule has 16 heteroatoms. The number of nitrogens with zero attached hydrogens (tertiary/aromatic N) is 3. The number of hydrogen-bond donors (Lipinski definition) is 4. The lowest BCUT2D eigenvalue weighted by molar-refractivity contribution is -0.140. The Morgan fingerprint density at radius 3 is 1.39 bits per heavy atom. The van der Waals surface area contributed by atoms with Crippen molar-refractivity contribution in [2.24, 2.45) is 10.8 Å². The summed E-state index contributed by atoms with van der Waals surface area (Å²) in [7, 11) is 2.47. The zero-order chi connectivity index (χ0) is 46.5. The van der Waals surface area contributed by atoms with Crippen LogP contribution in [0.3, 0.4) is 0 Å². The van der Waals surface area contributed by atoms with Crippen LogP contribution in [0.2, 0.25) is 0 Å². The van der Waals surface area contributed by atoms with E-state index < -0.39 is 47.2 Å². The van der Waals surface area contributed by atoms with Crippen molar-refractivity contribution < 1.29 is 42.6 Å². The molecule has 3 aromatic rings. The van der Waals surface area contributed by atoms with Crippen LogP contribution in [0.4, 0.5) is 31.0 Å². The minimum absolute atomic E-state index is 0.181. The van der Waals surface area contributed by atoms with Crippen LogP contribution in [-0.2, 0) is 28.7 Å². The number of rotatable bonds is 11. The standard InChI is InChI=1S/C48H62FN7O8/c1-47(2,3)39(52-45(61)63-7)43(59)54-25-11-17-37(54)41(57)50-32-15-9-13-29(27-32)35-23-24-36(56(35)34-21-19-31(49)20-22-34)30-14-10-16-33(28-30)51-42(58)38-18-12-26-55(38)44(60)40(48(4,5)6)53-46(62)64-8/h9-10,13-16,19-22,27-28,35-40H,11-12,17-18,23-26H2,1-8H3,(H,50,57)(H,51,58)(H,52,61)(H,53,62)/t35-,36+,37-,38-,39+,40+/m0/s1. The molecule has 3 fully saturated rings. The van der Waals surface area contributed by atoms with E-state index in [-0.39, 0.29) is 41.5 Å². The molecule has 4 N–H and O–H groups in total. The smallest absolute Gasteiger partial charge is 0.407 e. The molecule has 3 aliphatic heterocycles. The first-order valence-corrected chi connectivity index (χ1v) is 22.0. The van der Waals surface area contributed by atoms with Gasteiger partial charge in [-0.3, -0.25) is 19.2 Å². The lowest BCUT2D eigenvalue weighted by atomic mass is 9.85. The Morgan fingerprint density at radius 1 is 0.609 bits per heavy atom. The van der Waals surface area contributed by atoms with Gasteiger partial charge in [0.25, 0.3) is 0 Å². The number of halogens is 1. The number of carbonyl (C=O) groups excluding carboxylic acids is 6. The number of carbonyl (C=O) groups is 6. The maximum Gasteiger partial charge on any atom is 0.407 e. The molecular formula is C48H62FN7O8. The fraction of sp³-hybridized carbons (Fsp3) is 0.500. The van der Waals surface area contributed by atoms with E-state index in [0.717, 1.165) is 29.7 Å². The Hall–Kier alpha value is -6.19. The van der Waals surface area contributed by atoms with Crippen LogP contribution in [0.1, 0.15) is 103 Å². The second-order valence-electron chi connectivity index (χ2n) is 19.0. The lowest BCUT2D eigenvalue weighted by Crippen LogP contribution is -2.57. The molecule has 0 spiro atoms. The van der Waals surface area contributed by atoms with Crippen LogP contribution in [0.15, 0.2) is 72.8 Å². The molecule has 0 bridgehead atoms. The van der Waals surface area contributed by atoms with E-state index in [1.807, 2.05) is 77.9 Å². The highest BCUT2D eigenvalue weighted by atomic mass is 19.1. The summed E-state index contributed by atoms with van der Waals surface area (Å²) in [5.74, 6) is -1.73. The highest BCUT2D eigenvalue weighted by molar-refractivity contribution is 6.00. The molecule has 0 saturated carbocycles. The highest BCUT2D eigenvalue weighted by Gasteiger charge is 2.44. The molecule has 3 aliphatic rings.